The molecule has 0 radical (unpaired) electrons. The molecule has 3 aromatic rings. The van der Waals surface area contributed by atoms with Gasteiger partial charge in [0.05, 0.1) is 23.8 Å². The molecule has 0 bridgehead atoms. The third kappa shape index (κ3) is 3.52. The van der Waals surface area contributed by atoms with Gasteiger partial charge in [-0.05, 0) is 56.4 Å². The van der Waals surface area contributed by atoms with Crippen LogP contribution in [-0.2, 0) is 17.6 Å². The average molecular weight is 359 g/mol. The molecule has 0 saturated heterocycles. The van der Waals surface area contributed by atoms with Gasteiger partial charge in [0.1, 0.15) is 0 Å². The second kappa shape index (κ2) is 7.39. The molecule has 1 N–H and O–H groups in total. The minimum atomic E-state index is 0.0653. The maximum absolute atomic E-state index is 12.8. The Bertz CT molecular complexity index is 959. The Morgan fingerprint density at radius 3 is 2.67 bits per heavy atom. The summed E-state index contributed by atoms with van der Waals surface area (Å²) < 4.78 is 1.92. The zero-order chi connectivity index (χ0) is 18.8. The van der Waals surface area contributed by atoms with Crippen molar-refractivity contribution in [2.24, 2.45) is 0 Å². The van der Waals surface area contributed by atoms with E-state index in [1.54, 1.807) is 0 Å². The van der Waals surface area contributed by atoms with Crippen LogP contribution in [0.5, 0.6) is 0 Å². The van der Waals surface area contributed by atoms with Crippen LogP contribution in [-0.4, -0.2) is 15.7 Å². The van der Waals surface area contributed by atoms with Gasteiger partial charge in [-0.3, -0.25) is 4.79 Å². The molecule has 0 unspecified atom stereocenters. The lowest BCUT2D eigenvalue weighted by Crippen LogP contribution is -2.32. The third-order valence-electron chi connectivity index (χ3n) is 5.48. The van der Waals surface area contributed by atoms with Gasteiger partial charge >= 0.3 is 0 Å². The second-order valence-electron chi connectivity index (χ2n) is 7.28. The molecule has 27 heavy (non-hydrogen) atoms. The molecule has 4 nitrogen and oxygen atoms in total. The summed E-state index contributed by atoms with van der Waals surface area (Å²) in [6, 6.07) is 18.6. The number of nitrogens with one attached hydrogen (secondary N) is 1. The second-order valence-corrected chi connectivity index (χ2v) is 7.28. The number of carbonyl (C=O) groups excluding carboxylic acids is 1. The molecule has 138 valence electrons. The molecule has 4 heteroatoms. The van der Waals surface area contributed by atoms with Gasteiger partial charge in [-0.25, -0.2) is 4.68 Å². The van der Waals surface area contributed by atoms with Crippen molar-refractivity contribution in [3.63, 3.8) is 0 Å². The number of aromatic nitrogens is 2. The Hall–Kier alpha value is -2.88. The van der Waals surface area contributed by atoms with Crippen LogP contribution in [0.15, 0.2) is 54.6 Å². The van der Waals surface area contributed by atoms with Crippen molar-refractivity contribution in [2.75, 3.05) is 0 Å². The summed E-state index contributed by atoms with van der Waals surface area (Å²) in [5.74, 6) is 0.0653. The normalized spacial score (nSPS) is 16.0. The first kappa shape index (κ1) is 17.5. The van der Waals surface area contributed by atoms with E-state index in [1.165, 1.54) is 11.1 Å². The van der Waals surface area contributed by atoms with Crippen LogP contribution in [0.3, 0.4) is 0 Å². The fourth-order valence-electron chi connectivity index (χ4n) is 4.06. The monoisotopic (exact) mass is 359 g/mol. The van der Waals surface area contributed by atoms with E-state index < -0.39 is 0 Å². The molecule has 1 amide bonds. The Balaban J connectivity index is 1.52. The van der Waals surface area contributed by atoms with E-state index in [9.17, 15) is 4.79 Å². The van der Waals surface area contributed by atoms with Crippen LogP contribution in [0.1, 0.15) is 47.0 Å². The topological polar surface area (TPSA) is 46.9 Å². The van der Waals surface area contributed by atoms with Crippen molar-refractivity contribution in [3.05, 3.63) is 82.7 Å². The lowest BCUT2D eigenvalue weighted by atomic mass is 9.87. The molecule has 0 spiro atoms. The molecule has 2 aromatic carbocycles. The summed E-state index contributed by atoms with van der Waals surface area (Å²) in [6.07, 6.45) is 3.59. The molecule has 0 fully saturated rings. The number of carbonyl (C=O) groups is 1. The molecule has 0 saturated carbocycles. The molecule has 4 rings (SSSR count). The van der Waals surface area contributed by atoms with Gasteiger partial charge in [-0.15, -0.1) is 0 Å². The highest BCUT2D eigenvalue weighted by Gasteiger charge is 2.23. The minimum absolute atomic E-state index is 0.0653. The molecule has 1 aliphatic carbocycles. The highest BCUT2D eigenvalue weighted by molar-refractivity contribution is 5.79. The number of aryl methyl sites for hydroxylation is 2. The van der Waals surface area contributed by atoms with Crippen molar-refractivity contribution in [3.8, 4) is 5.69 Å². The SMILES string of the molecule is Cc1nn(-c2ccccc2)c(C)c1CC(=O)N[C@@H]1CCCc2ccccc21. The van der Waals surface area contributed by atoms with Crippen LogP contribution < -0.4 is 5.32 Å². The number of hydrogen-bond acceptors (Lipinski definition) is 2. The highest BCUT2D eigenvalue weighted by Crippen LogP contribution is 2.29. The van der Waals surface area contributed by atoms with Crippen molar-refractivity contribution < 1.29 is 4.79 Å². The Labute approximate surface area is 160 Å². The zero-order valence-corrected chi connectivity index (χ0v) is 15.9. The highest BCUT2D eigenvalue weighted by atomic mass is 16.1. The average Bonchev–Trinajstić information content (AvgIpc) is 2.97. The van der Waals surface area contributed by atoms with Crippen LogP contribution in [0.4, 0.5) is 0 Å². The lowest BCUT2D eigenvalue weighted by molar-refractivity contribution is -0.121. The smallest absolute Gasteiger partial charge is 0.225 e. The minimum Gasteiger partial charge on any atom is -0.349 e. The van der Waals surface area contributed by atoms with E-state index >= 15 is 0 Å². The van der Waals surface area contributed by atoms with Crippen molar-refractivity contribution in [1.29, 1.82) is 0 Å². The maximum atomic E-state index is 12.8. The third-order valence-corrected chi connectivity index (χ3v) is 5.48. The number of benzene rings is 2. The number of rotatable bonds is 4. The summed E-state index contributed by atoms with van der Waals surface area (Å²) >= 11 is 0. The van der Waals surface area contributed by atoms with E-state index in [2.05, 4.69) is 34.7 Å². The number of fused-ring (bicyclic) bond motifs is 1. The lowest BCUT2D eigenvalue weighted by Gasteiger charge is -2.26. The number of para-hydroxylation sites is 1. The first-order valence-electron chi connectivity index (χ1n) is 9.61. The van der Waals surface area contributed by atoms with E-state index in [4.69, 9.17) is 0 Å². The predicted octanol–water partition coefficient (Wildman–Crippen LogP) is 4.23. The van der Waals surface area contributed by atoms with E-state index in [0.29, 0.717) is 6.42 Å². The molecule has 1 atom stereocenters. The summed E-state index contributed by atoms with van der Waals surface area (Å²) in [7, 11) is 0. The van der Waals surface area contributed by atoms with Crippen LogP contribution in [0, 0.1) is 13.8 Å². The summed E-state index contributed by atoms with van der Waals surface area (Å²) in [5, 5.41) is 7.90. The predicted molar refractivity (Wildman–Crippen MR) is 107 cm³/mol. The van der Waals surface area contributed by atoms with Gasteiger partial charge in [0.25, 0.3) is 0 Å². The Kier molecular flexibility index (Phi) is 4.80. The van der Waals surface area contributed by atoms with Gasteiger partial charge in [0.2, 0.25) is 5.91 Å². The number of amides is 1. The first-order valence-corrected chi connectivity index (χ1v) is 9.61. The fourth-order valence-corrected chi connectivity index (χ4v) is 4.06. The van der Waals surface area contributed by atoms with Crippen molar-refractivity contribution >= 4 is 5.91 Å². The van der Waals surface area contributed by atoms with Crippen LogP contribution >= 0.6 is 0 Å². The Morgan fingerprint density at radius 2 is 1.85 bits per heavy atom. The molecule has 0 aliphatic heterocycles. The molecule has 1 aromatic heterocycles. The van der Waals surface area contributed by atoms with Crippen molar-refractivity contribution in [1.82, 2.24) is 15.1 Å². The zero-order valence-electron chi connectivity index (χ0n) is 15.9. The van der Waals surface area contributed by atoms with Gasteiger partial charge < -0.3 is 5.32 Å². The first-order chi connectivity index (χ1) is 13.1. The van der Waals surface area contributed by atoms with Crippen LogP contribution in [0.2, 0.25) is 0 Å². The number of hydrogen-bond donors (Lipinski definition) is 1. The molecular weight excluding hydrogens is 334 g/mol. The van der Waals surface area contributed by atoms with E-state index in [0.717, 1.165) is 41.9 Å². The summed E-state index contributed by atoms with van der Waals surface area (Å²) in [4.78, 5) is 12.8. The van der Waals surface area contributed by atoms with Gasteiger partial charge in [-0.2, -0.15) is 5.10 Å². The molecule has 1 aliphatic rings. The van der Waals surface area contributed by atoms with E-state index in [-0.39, 0.29) is 11.9 Å². The quantitative estimate of drug-likeness (QED) is 0.758. The van der Waals surface area contributed by atoms with Gasteiger partial charge in [-0.1, -0.05) is 42.5 Å². The Morgan fingerprint density at radius 1 is 1.11 bits per heavy atom. The van der Waals surface area contributed by atoms with Crippen LogP contribution in [0.25, 0.3) is 5.69 Å². The fraction of sp³-hybridized carbons (Fsp3) is 0.304. The van der Waals surface area contributed by atoms with E-state index in [1.807, 2.05) is 48.9 Å². The van der Waals surface area contributed by atoms with Gasteiger partial charge in [0.15, 0.2) is 0 Å². The summed E-state index contributed by atoms with van der Waals surface area (Å²) in [5.41, 5.74) is 6.60. The largest absolute Gasteiger partial charge is 0.349 e. The maximum Gasteiger partial charge on any atom is 0.225 e. The standard InChI is InChI=1S/C23H25N3O/c1-16-21(17(2)26(25-16)19-11-4-3-5-12-19)15-23(27)24-22-14-8-10-18-9-6-7-13-20(18)22/h3-7,9,11-13,22H,8,10,14-15H2,1-2H3,(H,24,27)/t22-/m1/s1. The molecule has 1 heterocycles. The molecular formula is C23H25N3O. The van der Waals surface area contributed by atoms with Gasteiger partial charge in [0, 0.05) is 11.3 Å². The van der Waals surface area contributed by atoms with Crippen molar-refractivity contribution in [2.45, 2.75) is 45.6 Å². The number of nitrogens with zero attached hydrogens (tertiary/aromatic N) is 2. The summed E-state index contributed by atoms with van der Waals surface area (Å²) in [6.45, 7) is 4.01.